The van der Waals surface area contributed by atoms with Crippen LogP contribution in [0.2, 0.25) is 0 Å². The van der Waals surface area contributed by atoms with Crippen molar-refractivity contribution in [3.8, 4) is 0 Å². The second kappa shape index (κ2) is 8.91. The Morgan fingerprint density at radius 3 is 2.86 bits per heavy atom. The molecular weight excluding hydrogens is 396 g/mol. The van der Waals surface area contributed by atoms with E-state index in [0.29, 0.717) is 23.6 Å². The minimum atomic E-state index is -0.586. The number of urea groups is 1. The van der Waals surface area contributed by atoms with Crippen molar-refractivity contribution in [2.45, 2.75) is 56.5 Å². The molecule has 150 valence electrons. The molecule has 2 aromatic heterocycles. The Morgan fingerprint density at radius 2 is 2.14 bits per heavy atom. The number of thiophene rings is 1. The highest BCUT2D eigenvalue weighted by atomic mass is 32.2. The lowest BCUT2D eigenvalue weighted by Gasteiger charge is -2.15. The van der Waals surface area contributed by atoms with Crippen LogP contribution in [0.1, 0.15) is 37.1 Å². The van der Waals surface area contributed by atoms with Crippen molar-refractivity contribution in [2.24, 2.45) is 0 Å². The number of hydrogen-bond acceptors (Lipinski definition) is 6. The molecule has 0 bridgehead atoms. The van der Waals surface area contributed by atoms with Gasteiger partial charge in [0.05, 0.1) is 10.6 Å². The number of carbonyl (C=O) groups is 2. The van der Waals surface area contributed by atoms with Crippen molar-refractivity contribution in [2.75, 3.05) is 6.54 Å². The van der Waals surface area contributed by atoms with Crippen molar-refractivity contribution in [1.29, 1.82) is 0 Å². The van der Waals surface area contributed by atoms with Gasteiger partial charge in [-0.05, 0) is 45.1 Å². The molecule has 1 unspecified atom stereocenters. The lowest BCUT2D eigenvalue weighted by Crippen LogP contribution is -2.42. The SMILES string of the molecule is C=CCn1c(SC(C)C(=O)NC(=O)NCC)nc2sc3c(c2c1=O)CCCC3. The van der Waals surface area contributed by atoms with Gasteiger partial charge in [0.2, 0.25) is 5.91 Å². The molecule has 2 N–H and O–H groups in total. The van der Waals surface area contributed by atoms with Gasteiger partial charge in [0, 0.05) is 18.0 Å². The third kappa shape index (κ3) is 4.15. The van der Waals surface area contributed by atoms with Gasteiger partial charge in [-0.3, -0.25) is 19.5 Å². The van der Waals surface area contributed by atoms with Crippen molar-refractivity contribution >= 4 is 45.3 Å². The maximum Gasteiger partial charge on any atom is 0.321 e. The quantitative estimate of drug-likeness (QED) is 0.426. The molecule has 1 aliphatic carbocycles. The van der Waals surface area contributed by atoms with Gasteiger partial charge in [-0.15, -0.1) is 17.9 Å². The topological polar surface area (TPSA) is 93.1 Å². The molecule has 0 saturated carbocycles. The molecule has 3 amide bonds. The Balaban J connectivity index is 1.95. The summed E-state index contributed by atoms with van der Waals surface area (Å²) in [5, 5.41) is 5.42. The van der Waals surface area contributed by atoms with Crippen LogP contribution in [-0.4, -0.2) is 33.3 Å². The zero-order valence-electron chi connectivity index (χ0n) is 16.0. The lowest BCUT2D eigenvalue weighted by atomic mass is 9.97. The Labute approximate surface area is 171 Å². The van der Waals surface area contributed by atoms with E-state index in [9.17, 15) is 14.4 Å². The zero-order chi connectivity index (χ0) is 20.3. The summed E-state index contributed by atoms with van der Waals surface area (Å²) in [5.41, 5.74) is 1.06. The summed E-state index contributed by atoms with van der Waals surface area (Å²) in [7, 11) is 0. The van der Waals surface area contributed by atoms with Crippen LogP contribution in [-0.2, 0) is 24.2 Å². The highest BCUT2D eigenvalue weighted by molar-refractivity contribution is 8.00. The van der Waals surface area contributed by atoms with Crippen molar-refractivity contribution in [3.05, 3.63) is 33.4 Å². The number of thioether (sulfide) groups is 1. The normalized spacial score (nSPS) is 14.4. The molecule has 7 nitrogen and oxygen atoms in total. The first-order chi connectivity index (χ1) is 13.5. The summed E-state index contributed by atoms with van der Waals surface area (Å²) < 4.78 is 1.57. The van der Waals surface area contributed by atoms with Crippen LogP contribution in [0.3, 0.4) is 0 Å². The summed E-state index contributed by atoms with van der Waals surface area (Å²) in [6.07, 6.45) is 5.78. The Bertz CT molecular complexity index is 980. The van der Waals surface area contributed by atoms with Crippen molar-refractivity contribution in [3.63, 3.8) is 0 Å². The third-order valence-corrected chi connectivity index (χ3v) is 6.85. The minimum Gasteiger partial charge on any atom is -0.338 e. The molecule has 0 aromatic carbocycles. The van der Waals surface area contributed by atoms with E-state index >= 15 is 0 Å². The summed E-state index contributed by atoms with van der Waals surface area (Å²) >= 11 is 2.75. The van der Waals surface area contributed by atoms with E-state index in [1.54, 1.807) is 35.8 Å². The van der Waals surface area contributed by atoms with Gasteiger partial charge in [-0.2, -0.15) is 0 Å². The van der Waals surface area contributed by atoms with E-state index in [4.69, 9.17) is 4.98 Å². The predicted octanol–water partition coefficient (Wildman–Crippen LogP) is 2.85. The molecule has 0 saturated heterocycles. The van der Waals surface area contributed by atoms with E-state index in [2.05, 4.69) is 17.2 Å². The molecule has 0 aliphatic heterocycles. The number of nitrogens with one attached hydrogen (secondary N) is 2. The van der Waals surface area contributed by atoms with Crippen molar-refractivity contribution in [1.82, 2.24) is 20.2 Å². The van der Waals surface area contributed by atoms with Crippen LogP contribution in [0.25, 0.3) is 10.2 Å². The number of aryl methyl sites for hydroxylation is 2. The monoisotopic (exact) mass is 420 g/mol. The Morgan fingerprint density at radius 1 is 1.39 bits per heavy atom. The first-order valence-corrected chi connectivity index (χ1v) is 11.1. The molecule has 2 aromatic rings. The predicted molar refractivity (Wildman–Crippen MR) is 113 cm³/mol. The lowest BCUT2D eigenvalue weighted by molar-refractivity contribution is -0.119. The number of imide groups is 1. The second-order valence-electron chi connectivity index (χ2n) is 6.60. The van der Waals surface area contributed by atoms with E-state index in [0.717, 1.165) is 36.1 Å². The average molecular weight is 421 g/mol. The van der Waals surface area contributed by atoms with E-state index < -0.39 is 17.2 Å². The van der Waals surface area contributed by atoms with Gasteiger partial charge in [0.15, 0.2) is 5.16 Å². The number of rotatable bonds is 6. The maximum absolute atomic E-state index is 13.2. The van der Waals surface area contributed by atoms with Crippen LogP contribution >= 0.6 is 23.1 Å². The standard InChI is InChI=1S/C19H24N4O3S2/c1-4-10-23-17(25)14-12-8-6-7-9-13(12)28-16(14)22-19(23)27-11(3)15(24)21-18(26)20-5-2/h4,11H,1,5-10H2,2-3H3,(H2,20,21,24,26). The van der Waals surface area contributed by atoms with Gasteiger partial charge in [-0.1, -0.05) is 17.8 Å². The van der Waals surface area contributed by atoms with Crippen LogP contribution < -0.4 is 16.2 Å². The number of amides is 3. The smallest absolute Gasteiger partial charge is 0.321 e. The van der Waals surface area contributed by atoms with E-state index in [-0.39, 0.29) is 5.56 Å². The van der Waals surface area contributed by atoms with Crippen LogP contribution in [0, 0.1) is 0 Å². The number of nitrogens with zero attached hydrogens (tertiary/aromatic N) is 2. The van der Waals surface area contributed by atoms with Gasteiger partial charge in [0.25, 0.3) is 5.56 Å². The van der Waals surface area contributed by atoms with E-state index in [1.807, 2.05) is 0 Å². The number of carbonyl (C=O) groups excluding carboxylic acids is 2. The van der Waals surface area contributed by atoms with E-state index in [1.165, 1.54) is 16.6 Å². The number of hydrogen-bond donors (Lipinski definition) is 2. The fourth-order valence-electron chi connectivity index (χ4n) is 3.23. The minimum absolute atomic E-state index is 0.0804. The highest BCUT2D eigenvalue weighted by Gasteiger charge is 2.24. The molecule has 1 aliphatic rings. The molecule has 2 heterocycles. The summed E-state index contributed by atoms with van der Waals surface area (Å²) in [6.45, 7) is 7.95. The average Bonchev–Trinajstić information content (AvgIpc) is 3.03. The largest absolute Gasteiger partial charge is 0.338 e. The summed E-state index contributed by atoms with van der Waals surface area (Å²) in [4.78, 5) is 43.8. The molecule has 9 heteroatoms. The number of aromatic nitrogens is 2. The molecule has 1 atom stereocenters. The molecule has 0 spiro atoms. The molecule has 3 rings (SSSR count). The highest BCUT2D eigenvalue weighted by Crippen LogP contribution is 2.35. The fraction of sp³-hybridized carbons (Fsp3) is 0.474. The fourth-order valence-corrected chi connectivity index (χ4v) is 5.45. The summed E-state index contributed by atoms with van der Waals surface area (Å²) in [5.74, 6) is -0.430. The van der Waals surface area contributed by atoms with Crippen LogP contribution in [0.4, 0.5) is 4.79 Å². The summed E-state index contributed by atoms with van der Waals surface area (Å²) in [6, 6.07) is -0.530. The van der Waals surface area contributed by atoms with Gasteiger partial charge >= 0.3 is 6.03 Å². The van der Waals surface area contributed by atoms with Gasteiger partial charge < -0.3 is 5.32 Å². The molecular formula is C19H24N4O3S2. The number of fused-ring (bicyclic) bond motifs is 3. The van der Waals surface area contributed by atoms with Crippen LogP contribution in [0.5, 0.6) is 0 Å². The van der Waals surface area contributed by atoms with Gasteiger partial charge in [0.1, 0.15) is 4.83 Å². The second-order valence-corrected chi connectivity index (χ2v) is 8.99. The molecule has 28 heavy (non-hydrogen) atoms. The maximum atomic E-state index is 13.2. The molecule has 0 fully saturated rings. The third-order valence-electron chi connectivity index (χ3n) is 4.58. The Hall–Kier alpha value is -2.13. The Kier molecular flexibility index (Phi) is 6.56. The first kappa shape index (κ1) is 20.6. The first-order valence-electron chi connectivity index (χ1n) is 9.37. The van der Waals surface area contributed by atoms with Crippen LogP contribution in [0.15, 0.2) is 22.6 Å². The number of allylic oxidation sites excluding steroid dienone is 1. The van der Waals surface area contributed by atoms with Crippen molar-refractivity contribution < 1.29 is 9.59 Å². The van der Waals surface area contributed by atoms with Gasteiger partial charge in [-0.25, -0.2) is 9.78 Å². The molecule has 0 radical (unpaired) electrons. The zero-order valence-corrected chi connectivity index (χ0v) is 17.7.